The molecule has 254 valence electrons. The van der Waals surface area contributed by atoms with Crippen molar-refractivity contribution in [2.45, 2.75) is 0 Å². The predicted octanol–water partition coefficient (Wildman–Crippen LogP) is 10.3. The van der Waals surface area contributed by atoms with Crippen molar-refractivity contribution in [1.29, 1.82) is 0 Å². The van der Waals surface area contributed by atoms with Gasteiger partial charge in [-0.3, -0.25) is 13.7 Å². The van der Waals surface area contributed by atoms with Crippen LogP contribution in [0.25, 0.3) is 84.3 Å². The predicted molar refractivity (Wildman–Crippen MR) is 215 cm³/mol. The quantitative estimate of drug-likeness (QED) is 0.189. The van der Waals surface area contributed by atoms with Gasteiger partial charge in [0.15, 0.2) is 0 Å². The number of rotatable bonds is 6. The molecule has 3 heterocycles. The normalized spacial score (nSPS) is 11.2. The second-order valence-corrected chi connectivity index (χ2v) is 12.6. The number of aliphatic hydroxyl groups excluding tert-OH is 1. The Kier molecular flexibility index (Phi) is 8.15. The third kappa shape index (κ3) is 5.56. The van der Waals surface area contributed by atoms with E-state index in [1.807, 2.05) is 36.4 Å². The zero-order valence-electron chi connectivity index (χ0n) is 29.0. The average Bonchev–Trinajstić information content (AvgIpc) is 3.95. The Morgan fingerprint density at radius 1 is 0.321 bits per heavy atom. The van der Waals surface area contributed by atoms with Gasteiger partial charge in [0.05, 0.1) is 33.1 Å². The van der Waals surface area contributed by atoms with Gasteiger partial charge in [-0.1, -0.05) is 91.0 Å². The number of nitrogens with zero attached hydrogens (tertiary/aromatic N) is 6. The number of hydrogen-bond donors (Lipinski definition) is 1. The highest BCUT2D eigenvalue weighted by molar-refractivity contribution is 5.90. The Bertz CT molecular complexity index is 2530. The fourth-order valence-electron chi connectivity index (χ4n) is 7.19. The molecular formula is C46H34N6O. The Balaban J connectivity index is 0.00000183. The van der Waals surface area contributed by atoms with E-state index in [4.69, 9.17) is 20.1 Å². The zero-order chi connectivity index (χ0) is 35.7. The number of imidazole rings is 3. The monoisotopic (exact) mass is 686 g/mol. The smallest absolute Gasteiger partial charge is 0.145 e. The van der Waals surface area contributed by atoms with Gasteiger partial charge in [-0.15, -0.1) is 0 Å². The third-order valence-electron chi connectivity index (χ3n) is 9.43. The van der Waals surface area contributed by atoms with Gasteiger partial charge in [0.1, 0.15) is 17.5 Å². The number of aliphatic hydroxyl groups is 1. The first-order valence-electron chi connectivity index (χ1n) is 17.5. The van der Waals surface area contributed by atoms with Crippen molar-refractivity contribution in [2.75, 3.05) is 7.11 Å². The molecule has 0 saturated heterocycles. The Hall–Kier alpha value is -7.09. The van der Waals surface area contributed by atoms with E-state index in [9.17, 15) is 0 Å². The van der Waals surface area contributed by atoms with E-state index in [0.717, 1.165) is 91.4 Å². The minimum absolute atomic E-state index is 0.843. The summed E-state index contributed by atoms with van der Waals surface area (Å²) in [6.45, 7) is 0. The van der Waals surface area contributed by atoms with Gasteiger partial charge in [-0.2, -0.15) is 0 Å². The Morgan fingerprint density at radius 2 is 0.566 bits per heavy atom. The number of aromatic nitrogens is 6. The molecule has 0 aliphatic carbocycles. The first-order chi connectivity index (χ1) is 26.3. The second kappa shape index (κ2) is 13.6. The molecule has 1 N–H and O–H groups in total. The molecule has 3 aromatic heterocycles. The van der Waals surface area contributed by atoms with Gasteiger partial charge < -0.3 is 5.11 Å². The van der Waals surface area contributed by atoms with Crippen LogP contribution in [0.2, 0.25) is 0 Å². The summed E-state index contributed by atoms with van der Waals surface area (Å²) in [5.41, 5.74) is 11.9. The SMILES string of the molecule is CO.c1ccc(-n2c(-c3cc(-c4nc5ccccc5n4-c4ccccc4)cc(-c4nc5ccccc5n4-c4ccccc4)c3)nc3ccccc32)cc1. The maximum Gasteiger partial charge on any atom is 0.145 e. The van der Waals surface area contributed by atoms with Crippen molar-refractivity contribution in [3.8, 4) is 51.2 Å². The third-order valence-corrected chi connectivity index (χ3v) is 9.43. The first kappa shape index (κ1) is 31.9. The molecule has 7 nitrogen and oxygen atoms in total. The minimum Gasteiger partial charge on any atom is -0.400 e. The maximum absolute atomic E-state index is 7.00. The molecule has 0 aliphatic heterocycles. The van der Waals surface area contributed by atoms with Gasteiger partial charge >= 0.3 is 0 Å². The number of hydrogen-bond acceptors (Lipinski definition) is 4. The fraction of sp³-hybridized carbons (Fsp3) is 0.0217. The van der Waals surface area contributed by atoms with Crippen molar-refractivity contribution >= 4 is 33.1 Å². The summed E-state index contributed by atoms with van der Waals surface area (Å²) in [5.74, 6) is 2.53. The first-order valence-corrected chi connectivity index (χ1v) is 17.5. The number of fused-ring (bicyclic) bond motifs is 3. The summed E-state index contributed by atoms with van der Waals surface area (Å²) in [6.07, 6.45) is 0. The lowest BCUT2D eigenvalue weighted by Gasteiger charge is -2.15. The molecule has 0 radical (unpaired) electrons. The summed E-state index contributed by atoms with van der Waals surface area (Å²) < 4.78 is 6.75. The second-order valence-electron chi connectivity index (χ2n) is 12.6. The highest BCUT2D eigenvalue weighted by atomic mass is 16.2. The fourth-order valence-corrected chi connectivity index (χ4v) is 7.19. The Labute approximate surface area is 306 Å². The zero-order valence-corrected chi connectivity index (χ0v) is 29.0. The van der Waals surface area contributed by atoms with Crippen molar-refractivity contribution < 1.29 is 5.11 Å². The van der Waals surface area contributed by atoms with Crippen molar-refractivity contribution in [1.82, 2.24) is 28.7 Å². The molecule has 0 saturated carbocycles. The lowest BCUT2D eigenvalue weighted by atomic mass is 10.0. The van der Waals surface area contributed by atoms with E-state index in [-0.39, 0.29) is 0 Å². The molecule has 0 bridgehead atoms. The highest BCUT2D eigenvalue weighted by Gasteiger charge is 2.22. The average molecular weight is 687 g/mol. The summed E-state index contributed by atoms with van der Waals surface area (Å²) >= 11 is 0. The lowest BCUT2D eigenvalue weighted by Crippen LogP contribution is -2.02. The maximum atomic E-state index is 7.00. The topological polar surface area (TPSA) is 73.7 Å². The van der Waals surface area contributed by atoms with Gasteiger partial charge in [0, 0.05) is 40.9 Å². The molecule has 7 heteroatoms. The molecule has 0 unspecified atom stereocenters. The summed E-state index contributed by atoms with van der Waals surface area (Å²) in [4.78, 5) is 15.9. The van der Waals surface area contributed by atoms with E-state index < -0.39 is 0 Å². The van der Waals surface area contributed by atoms with Crippen LogP contribution < -0.4 is 0 Å². The number of para-hydroxylation sites is 9. The van der Waals surface area contributed by atoms with Gasteiger partial charge in [-0.25, -0.2) is 15.0 Å². The molecule has 7 aromatic carbocycles. The van der Waals surface area contributed by atoms with Crippen LogP contribution in [-0.4, -0.2) is 40.9 Å². The largest absolute Gasteiger partial charge is 0.400 e. The van der Waals surface area contributed by atoms with Crippen molar-refractivity contribution in [2.24, 2.45) is 0 Å². The van der Waals surface area contributed by atoms with Crippen LogP contribution in [0.3, 0.4) is 0 Å². The molecule has 10 aromatic rings. The van der Waals surface area contributed by atoms with Crippen LogP contribution in [0.1, 0.15) is 0 Å². The highest BCUT2D eigenvalue weighted by Crippen LogP contribution is 2.38. The van der Waals surface area contributed by atoms with E-state index in [1.54, 1.807) is 0 Å². The van der Waals surface area contributed by atoms with Crippen LogP contribution in [0.4, 0.5) is 0 Å². The van der Waals surface area contributed by atoms with Crippen molar-refractivity contribution in [3.05, 3.63) is 182 Å². The van der Waals surface area contributed by atoms with E-state index in [1.165, 1.54) is 0 Å². The Morgan fingerprint density at radius 3 is 0.849 bits per heavy atom. The summed E-state index contributed by atoms with van der Waals surface area (Å²) in [6, 6.07) is 63.0. The lowest BCUT2D eigenvalue weighted by molar-refractivity contribution is 0.399. The number of benzene rings is 7. The van der Waals surface area contributed by atoms with Gasteiger partial charge in [0.25, 0.3) is 0 Å². The van der Waals surface area contributed by atoms with Crippen LogP contribution in [0, 0.1) is 0 Å². The molecule has 0 spiro atoms. The standard InChI is InChI=1S/C45H30N6.CH4O/c1-4-16-34(17-5-1)49-40-25-13-10-22-37(40)46-43(49)31-28-32(44-47-38-23-11-14-26-41(38)50(44)35-18-6-2-7-19-35)30-33(29-31)45-48-39-24-12-15-27-42(39)51(45)36-20-8-3-9-21-36;1-2/h1-30H;2H,1H3. The molecule has 0 atom stereocenters. The van der Waals surface area contributed by atoms with Crippen LogP contribution in [-0.2, 0) is 0 Å². The van der Waals surface area contributed by atoms with Crippen LogP contribution >= 0.6 is 0 Å². The van der Waals surface area contributed by atoms with Gasteiger partial charge in [0.2, 0.25) is 0 Å². The summed E-state index contributed by atoms with van der Waals surface area (Å²) in [5, 5.41) is 7.00. The molecular weight excluding hydrogens is 653 g/mol. The van der Waals surface area contributed by atoms with Gasteiger partial charge in [-0.05, 0) is 91.0 Å². The molecule has 0 fully saturated rings. The van der Waals surface area contributed by atoms with Crippen LogP contribution in [0.5, 0.6) is 0 Å². The summed E-state index contributed by atoms with van der Waals surface area (Å²) in [7, 11) is 1.00. The molecule has 0 amide bonds. The van der Waals surface area contributed by atoms with E-state index in [2.05, 4.69) is 159 Å². The minimum atomic E-state index is 0.843. The van der Waals surface area contributed by atoms with E-state index >= 15 is 0 Å². The van der Waals surface area contributed by atoms with Crippen LogP contribution in [0.15, 0.2) is 182 Å². The van der Waals surface area contributed by atoms with Crippen molar-refractivity contribution in [3.63, 3.8) is 0 Å². The molecule has 53 heavy (non-hydrogen) atoms. The van der Waals surface area contributed by atoms with E-state index in [0.29, 0.717) is 0 Å². The molecule has 0 aliphatic rings. The molecule has 10 rings (SSSR count).